The number of hydrogen-bond donors (Lipinski definition) is 1. The molecule has 3 aliphatic heterocycles. The molecule has 2 saturated heterocycles. The molecule has 9 nitrogen and oxygen atoms in total. The summed E-state index contributed by atoms with van der Waals surface area (Å²) >= 11 is 1.31. The number of ether oxygens (including phenoxy) is 2. The van der Waals surface area contributed by atoms with Crippen molar-refractivity contribution in [2.75, 3.05) is 36.0 Å². The average Bonchev–Trinajstić information content (AvgIpc) is 3.68. The number of thiophene rings is 1. The molecule has 0 aromatic carbocycles. The zero-order chi connectivity index (χ0) is 30.1. The number of anilines is 2. The summed E-state index contributed by atoms with van der Waals surface area (Å²) in [5.74, 6) is -4.63. The molecular weight excluding hydrogens is 590 g/mol. The van der Waals surface area contributed by atoms with Gasteiger partial charge in [-0.25, -0.2) is 37.3 Å². The van der Waals surface area contributed by atoms with Gasteiger partial charge in [0.15, 0.2) is 5.82 Å². The van der Waals surface area contributed by atoms with Crippen LogP contribution in [0.3, 0.4) is 0 Å². The fourth-order valence-electron chi connectivity index (χ4n) is 5.66. The molecule has 0 saturated carbocycles. The molecular formula is C29H29F4N5O4S. The van der Waals surface area contributed by atoms with Gasteiger partial charge in [-0.3, -0.25) is 0 Å². The van der Waals surface area contributed by atoms with Gasteiger partial charge in [0, 0.05) is 37.2 Å². The second kappa shape index (κ2) is 12.0. The van der Waals surface area contributed by atoms with Crippen LogP contribution in [0, 0.1) is 0 Å². The maximum Gasteiger partial charge on any atom is 0.326 e. The molecule has 14 heteroatoms. The number of hydrogen-bond acceptors (Lipinski definition) is 9. The third-order valence-corrected chi connectivity index (χ3v) is 8.58. The zero-order valence-corrected chi connectivity index (χ0v) is 23.8. The van der Waals surface area contributed by atoms with E-state index in [2.05, 4.69) is 15.0 Å². The lowest BCUT2D eigenvalue weighted by Gasteiger charge is -2.35. The normalized spacial score (nSPS) is 21.9. The molecule has 0 bridgehead atoms. The summed E-state index contributed by atoms with van der Waals surface area (Å²) in [6.45, 7) is 0.482. The zero-order valence-electron chi connectivity index (χ0n) is 23.0. The van der Waals surface area contributed by atoms with Crippen LogP contribution in [0.15, 0.2) is 42.1 Å². The summed E-state index contributed by atoms with van der Waals surface area (Å²) in [5, 5.41) is 11.8. The van der Waals surface area contributed by atoms with E-state index in [9.17, 15) is 27.5 Å². The van der Waals surface area contributed by atoms with Gasteiger partial charge in [-0.15, -0.1) is 11.3 Å². The predicted octanol–water partition coefficient (Wildman–Crippen LogP) is 6.04. The second-order valence-corrected chi connectivity index (χ2v) is 11.7. The smallest absolute Gasteiger partial charge is 0.326 e. The van der Waals surface area contributed by atoms with E-state index in [1.54, 1.807) is 40.9 Å². The summed E-state index contributed by atoms with van der Waals surface area (Å²) in [6.07, 6.45) is 1.18. The highest BCUT2D eigenvalue weighted by Gasteiger charge is 2.41. The monoisotopic (exact) mass is 619 g/mol. The van der Waals surface area contributed by atoms with Crippen molar-refractivity contribution < 1.29 is 36.9 Å². The molecule has 43 heavy (non-hydrogen) atoms. The van der Waals surface area contributed by atoms with Gasteiger partial charge in [0.2, 0.25) is 5.88 Å². The summed E-state index contributed by atoms with van der Waals surface area (Å²) in [6, 6.07) is 5.61. The van der Waals surface area contributed by atoms with Crippen molar-refractivity contribution in [2.45, 2.75) is 56.6 Å². The standard InChI is InChI=1S/C29H29F4N5O4S/c30-25(31)26-35-20(23-5-2-9-43-23)12-24(36-26)38-14-19(11-22(38)28(39)40)42-27-21(37-7-3-6-29(32,33)16-37)10-18(13-34-27)17-4-1-8-41-15-17/h2,5,9-10,12-13,15,19,22,25H,1,3-4,6-8,11,14,16H2,(H,39,40)/t19-,22-/m0/s1. The third-order valence-electron chi connectivity index (χ3n) is 7.69. The molecule has 0 spiro atoms. The van der Waals surface area contributed by atoms with Gasteiger partial charge >= 0.3 is 5.97 Å². The Balaban J connectivity index is 1.31. The lowest BCUT2D eigenvalue weighted by molar-refractivity contribution is -0.138. The van der Waals surface area contributed by atoms with Crippen molar-refractivity contribution in [1.29, 1.82) is 0 Å². The number of alkyl halides is 4. The Bertz CT molecular complexity index is 1510. The van der Waals surface area contributed by atoms with Gasteiger partial charge in [-0.2, -0.15) is 0 Å². The fraction of sp³-hybridized carbons (Fsp3) is 0.448. The maximum atomic E-state index is 14.5. The van der Waals surface area contributed by atoms with Crippen LogP contribution in [0.1, 0.15) is 49.9 Å². The average molecular weight is 620 g/mol. The van der Waals surface area contributed by atoms with Crippen LogP contribution < -0.4 is 14.5 Å². The van der Waals surface area contributed by atoms with Crippen LogP contribution in [-0.4, -0.2) is 70.3 Å². The van der Waals surface area contributed by atoms with E-state index in [1.807, 2.05) is 0 Å². The number of pyridine rings is 1. The van der Waals surface area contributed by atoms with Gasteiger partial charge in [0.05, 0.1) is 36.5 Å². The number of rotatable bonds is 8. The number of carboxylic acids is 1. The van der Waals surface area contributed by atoms with Crippen LogP contribution >= 0.6 is 11.3 Å². The topological polar surface area (TPSA) is 101 Å². The molecule has 0 amide bonds. The van der Waals surface area contributed by atoms with Gasteiger partial charge in [-0.1, -0.05) is 6.07 Å². The number of carbonyl (C=O) groups is 1. The van der Waals surface area contributed by atoms with Crippen molar-refractivity contribution in [2.24, 2.45) is 0 Å². The van der Waals surface area contributed by atoms with Crippen molar-refractivity contribution in [3.8, 4) is 16.5 Å². The van der Waals surface area contributed by atoms with E-state index in [4.69, 9.17) is 9.47 Å². The summed E-state index contributed by atoms with van der Waals surface area (Å²) in [7, 11) is 0. The van der Waals surface area contributed by atoms with E-state index < -0.39 is 42.8 Å². The van der Waals surface area contributed by atoms with Gasteiger partial charge in [-0.05, 0) is 42.3 Å². The van der Waals surface area contributed by atoms with Crippen LogP contribution in [0.25, 0.3) is 16.1 Å². The first-order valence-corrected chi connectivity index (χ1v) is 14.9. The number of carboxylic acid groups (broad SMARTS) is 1. The molecule has 1 N–H and O–H groups in total. The molecule has 6 heterocycles. The van der Waals surface area contributed by atoms with Gasteiger partial charge in [0.25, 0.3) is 12.3 Å². The molecule has 6 rings (SSSR count). The Hall–Kier alpha value is -3.94. The highest BCUT2D eigenvalue weighted by Crippen LogP contribution is 2.39. The third kappa shape index (κ3) is 6.38. The molecule has 0 aliphatic carbocycles. The first-order chi connectivity index (χ1) is 20.7. The van der Waals surface area contributed by atoms with Crippen LogP contribution in [0.2, 0.25) is 0 Å². The van der Waals surface area contributed by atoms with E-state index in [0.29, 0.717) is 23.7 Å². The van der Waals surface area contributed by atoms with Crippen molar-refractivity contribution in [3.63, 3.8) is 0 Å². The highest BCUT2D eigenvalue weighted by molar-refractivity contribution is 7.13. The molecule has 3 aliphatic rings. The lowest BCUT2D eigenvalue weighted by Crippen LogP contribution is -2.43. The molecule has 228 valence electrons. The van der Waals surface area contributed by atoms with Crippen molar-refractivity contribution in [3.05, 3.63) is 53.5 Å². The molecule has 3 aromatic heterocycles. The number of aromatic nitrogens is 3. The van der Waals surface area contributed by atoms with Crippen LogP contribution in [0.4, 0.5) is 29.1 Å². The molecule has 0 radical (unpaired) electrons. The van der Waals surface area contributed by atoms with E-state index in [1.165, 1.54) is 22.3 Å². The van der Waals surface area contributed by atoms with Crippen molar-refractivity contribution in [1.82, 2.24) is 15.0 Å². The Morgan fingerprint density at radius 2 is 2.09 bits per heavy atom. The number of allylic oxidation sites excluding steroid dienone is 1. The Morgan fingerprint density at radius 1 is 1.23 bits per heavy atom. The number of nitrogens with zero attached hydrogens (tertiary/aromatic N) is 5. The minimum atomic E-state index is -2.96. The van der Waals surface area contributed by atoms with E-state index in [0.717, 1.165) is 24.0 Å². The largest absolute Gasteiger partial charge is 0.501 e. The van der Waals surface area contributed by atoms with E-state index >= 15 is 0 Å². The van der Waals surface area contributed by atoms with Crippen molar-refractivity contribution >= 4 is 34.4 Å². The SMILES string of the molecule is O=C(O)[C@@H]1C[C@H](Oc2ncc(C3=COCCC3)cc2N2CCCC(F)(F)C2)CN1c1cc(-c2cccs2)nc(C(F)F)n1. The second-order valence-electron chi connectivity index (χ2n) is 10.8. The summed E-state index contributed by atoms with van der Waals surface area (Å²) in [4.78, 5) is 28.4. The summed E-state index contributed by atoms with van der Waals surface area (Å²) < 4.78 is 68.1. The van der Waals surface area contributed by atoms with Gasteiger partial charge in [0.1, 0.15) is 23.7 Å². The summed E-state index contributed by atoms with van der Waals surface area (Å²) in [5.41, 5.74) is 2.27. The van der Waals surface area contributed by atoms with Gasteiger partial charge < -0.3 is 24.4 Å². The van der Waals surface area contributed by atoms with Crippen LogP contribution in [0.5, 0.6) is 5.88 Å². The molecule has 2 fully saturated rings. The first kappa shape index (κ1) is 29.1. The maximum absolute atomic E-state index is 14.5. The number of aliphatic carboxylic acids is 1. The quantitative estimate of drug-likeness (QED) is 0.303. The van der Waals surface area contributed by atoms with Crippen LogP contribution in [-0.2, 0) is 9.53 Å². The Kier molecular flexibility index (Phi) is 8.12. The highest BCUT2D eigenvalue weighted by atomic mass is 32.1. The molecule has 2 atom stereocenters. The predicted molar refractivity (Wildman–Crippen MR) is 152 cm³/mol. The minimum absolute atomic E-state index is 0.00143. The fourth-order valence-corrected chi connectivity index (χ4v) is 6.34. The first-order valence-electron chi connectivity index (χ1n) is 14.0. The van der Waals surface area contributed by atoms with E-state index in [-0.39, 0.29) is 43.2 Å². The molecule has 0 unspecified atom stereocenters. The number of piperidine rings is 1. The molecule has 3 aromatic rings. The Labute approximate surface area is 248 Å². The number of halogens is 4. The lowest BCUT2D eigenvalue weighted by atomic mass is 10.0. The Morgan fingerprint density at radius 3 is 2.79 bits per heavy atom. The minimum Gasteiger partial charge on any atom is -0.501 e.